The van der Waals surface area contributed by atoms with Gasteiger partial charge in [-0.2, -0.15) is 13.2 Å². The van der Waals surface area contributed by atoms with Crippen LogP contribution in [0.1, 0.15) is 33.3 Å². The third kappa shape index (κ3) is 6.97. The Kier molecular flexibility index (Phi) is 10.1. The van der Waals surface area contributed by atoms with Gasteiger partial charge in [-0.25, -0.2) is 0 Å². The summed E-state index contributed by atoms with van der Waals surface area (Å²) in [5.74, 6) is 0. The van der Waals surface area contributed by atoms with Crippen LogP contribution in [0, 0.1) is 10.1 Å². The average molecular weight is 486 g/mol. The molecule has 0 bridgehead atoms. The van der Waals surface area contributed by atoms with E-state index < -0.39 is 22.4 Å². The normalized spacial score (nSPS) is 11.3. The van der Waals surface area contributed by atoms with Gasteiger partial charge in [0.25, 0.3) is 5.69 Å². The molecule has 0 aliphatic heterocycles. The standard InChI is InChI=1S/C17H22F3N3O2S4/c1-5-21(6-2)15(26)28-13-10-11(17(18,19)20)9-12(23(24)25)14(13)29-16(27)22(7-3)8-4/h9-10H,5-8H2,1-4H3. The molecule has 0 spiro atoms. The van der Waals surface area contributed by atoms with Crippen molar-refractivity contribution in [3.05, 3.63) is 27.8 Å². The lowest BCUT2D eigenvalue weighted by Gasteiger charge is -2.24. The smallest absolute Gasteiger partial charge is 0.358 e. The Balaban J connectivity index is 3.57. The number of thioether (sulfide) groups is 2. The highest BCUT2D eigenvalue weighted by Crippen LogP contribution is 2.44. The van der Waals surface area contributed by atoms with Crippen LogP contribution in [0.5, 0.6) is 0 Å². The number of alkyl halides is 3. The van der Waals surface area contributed by atoms with Crippen LogP contribution >= 0.6 is 48.0 Å². The molecule has 0 saturated heterocycles. The van der Waals surface area contributed by atoms with E-state index >= 15 is 0 Å². The second-order valence-electron chi connectivity index (χ2n) is 5.66. The summed E-state index contributed by atoms with van der Waals surface area (Å²) in [6.07, 6.45) is -4.72. The van der Waals surface area contributed by atoms with Crippen molar-refractivity contribution < 1.29 is 18.1 Å². The second-order valence-corrected chi connectivity index (χ2v) is 8.98. The molecule has 0 N–H and O–H groups in total. The highest BCUT2D eigenvalue weighted by atomic mass is 32.2. The second kappa shape index (κ2) is 11.3. The summed E-state index contributed by atoms with van der Waals surface area (Å²) in [5.41, 5.74) is -1.73. The van der Waals surface area contributed by atoms with Crippen LogP contribution in [0.4, 0.5) is 18.9 Å². The summed E-state index contributed by atoms with van der Waals surface area (Å²) >= 11 is 12.6. The van der Waals surface area contributed by atoms with Gasteiger partial charge in [0, 0.05) is 37.1 Å². The van der Waals surface area contributed by atoms with Crippen LogP contribution in [0.3, 0.4) is 0 Å². The average Bonchev–Trinajstić information content (AvgIpc) is 2.63. The van der Waals surface area contributed by atoms with E-state index in [1.54, 1.807) is 9.80 Å². The minimum absolute atomic E-state index is 0.0689. The molecule has 0 radical (unpaired) electrons. The first-order valence-corrected chi connectivity index (χ1v) is 11.3. The molecule has 0 aromatic heterocycles. The van der Waals surface area contributed by atoms with Gasteiger partial charge in [-0.3, -0.25) is 10.1 Å². The van der Waals surface area contributed by atoms with E-state index in [-0.39, 0.29) is 9.79 Å². The van der Waals surface area contributed by atoms with Crippen molar-refractivity contribution in [2.75, 3.05) is 26.2 Å². The maximum Gasteiger partial charge on any atom is 0.416 e. The number of thiocarbonyl (C=S) groups is 2. The zero-order valence-corrected chi connectivity index (χ0v) is 19.7. The van der Waals surface area contributed by atoms with Crippen molar-refractivity contribution in [1.29, 1.82) is 0 Å². The van der Waals surface area contributed by atoms with E-state index in [2.05, 4.69) is 0 Å². The van der Waals surface area contributed by atoms with E-state index in [0.29, 0.717) is 40.9 Å². The van der Waals surface area contributed by atoms with E-state index in [1.807, 2.05) is 27.7 Å². The third-order valence-electron chi connectivity index (χ3n) is 3.99. The Morgan fingerprint density at radius 1 is 1.00 bits per heavy atom. The van der Waals surface area contributed by atoms with Gasteiger partial charge < -0.3 is 9.80 Å². The Labute approximate surface area is 187 Å². The number of rotatable bonds is 7. The van der Waals surface area contributed by atoms with Gasteiger partial charge >= 0.3 is 6.18 Å². The lowest BCUT2D eigenvalue weighted by Crippen LogP contribution is -2.27. The lowest BCUT2D eigenvalue weighted by atomic mass is 10.2. The monoisotopic (exact) mass is 485 g/mol. The molecule has 0 aliphatic rings. The largest absolute Gasteiger partial charge is 0.416 e. The molecule has 0 unspecified atom stereocenters. The van der Waals surface area contributed by atoms with E-state index in [4.69, 9.17) is 24.4 Å². The lowest BCUT2D eigenvalue weighted by molar-refractivity contribution is -0.388. The molecule has 0 saturated carbocycles. The molecule has 0 amide bonds. The molecular formula is C17H22F3N3O2S4. The van der Waals surface area contributed by atoms with Gasteiger partial charge in [0.15, 0.2) is 0 Å². The van der Waals surface area contributed by atoms with E-state index in [0.717, 1.165) is 29.6 Å². The molecule has 162 valence electrons. The summed E-state index contributed by atoms with van der Waals surface area (Å²) in [6, 6.07) is 1.46. The van der Waals surface area contributed by atoms with Gasteiger partial charge in [-0.05, 0) is 33.8 Å². The Morgan fingerprint density at radius 3 is 1.83 bits per heavy atom. The van der Waals surface area contributed by atoms with Crippen LogP contribution in [0.15, 0.2) is 21.9 Å². The van der Waals surface area contributed by atoms with Crippen molar-refractivity contribution in [3.63, 3.8) is 0 Å². The van der Waals surface area contributed by atoms with Crippen molar-refractivity contribution in [2.24, 2.45) is 0 Å². The summed E-state index contributed by atoms with van der Waals surface area (Å²) in [6.45, 7) is 9.80. The van der Waals surface area contributed by atoms with Crippen molar-refractivity contribution in [2.45, 2.75) is 43.7 Å². The molecule has 1 rings (SSSR count). The first-order valence-electron chi connectivity index (χ1n) is 8.83. The molecule has 1 aromatic rings. The van der Waals surface area contributed by atoms with E-state index in [1.165, 1.54) is 0 Å². The number of nitrogens with zero attached hydrogens (tertiary/aromatic N) is 3. The van der Waals surface area contributed by atoms with Crippen LogP contribution in [-0.4, -0.2) is 49.5 Å². The predicted octanol–water partition coefficient (Wildman–Crippen LogP) is 6.05. The first-order chi connectivity index (χ1) is 13.5. The topological polar surface area (TPSA) is 49.6 Å². The van der Waals surface area contributed by atoms with Crippen molar-refractivity contribution in [3.8, 4) is 0 Å². The molecule has 0 heterocycles. The molecular weight excluding hydrogens is 463 g/mol. The minimum Gasteiger partial charge on any atom is -0.358 e. The van der Waals surface area contributed by atoms with E-state index in [9.17, 15) is 23.3 Å². The maximum atomic E-state index is 13.4. The maximum absolute atomic E-state index is 13.4. The SMILES string of the molecule is CCN(CC)C(=S)Sc1cc(C(F)(F)F)cc([N+](=O)[O-])c1SC(=S)N(CC)CC. The number of hydrogen-bond acceptors (Lipinski definition) is 6. The molecule has 0 fully saturated rings. The fourth-order valence-corrected chi connectivity index (χ4v) is 5.54. The van der Waals surface area contributed by atoms with Crippen LogP contribution in [-0.2, 0) is 6.18 Å². The molecule has 12 heteroatoms. The Hall–Kier alpha value is -1.11. The summed E-state index contributed by atoms with van der Waals surface area (Å²) in [4.78, 5) is 14.5. The number of halogens is 3. The van der Waals surface area contributed by atoms with Gasteiger partial charge in [0.2, 0.25) is 0 Å². The van der Waals surface area contributed by atoms with Gasteiger partial charge in [0.05, 0.1) is 10.5 Å². The fourth-order valence-electron chi connectivity index (χ4n) is 2.34. The third-order valence-corrected chi connectivity index (χ3v) is 7.18. The predicted molar refractivity (Wildman–Crippen MR) is 121 cm³/mol. The highest BCUT2D eigenvalue weighted by molar-refractivity contribution is 8.25. The van der Waals surface area contributed by atoms with Gasteiger partial charge in [0.1, 0.15) is 13.5 Å². The Bertz CT molecular complexity index is 767. The molecule has 0 aliphatic carbocycles. The van der Waals surface area contributed by atoms with Crippen LogP contribution < -0.4 is 0 Å². The minimum atomic E-state index is -4.72. The number of nitro groups is 1. The fraction of sp³-hybridized carbons (Fsp3) is 0.529. The quantitative estimate of drug-likeness (QED) is 0.200. The summed E-state index contributed by atoms with van der Waals surface area (Å²) in [5, 5.41) is 11.6. The van der Waals surface area contributed by atoms with Gasteiger partial charge in [-0.15, -0.1) is 0 Å². The molecule has 1 aromatic carbocycles. The zero-order chi connectivity index (χ0) is 22.4. The Morgan fingerprint density at radius 2 is 1.45 bits per heavy atom. The molecule has 0 atom stereocenters. The van der Waals surface area contributed by atoms with Crippen LogP contribution in [0.25, 0.3) is 0 Å². The number of benzene rings is 1. The molecule has 29 heavy (non-hydrogen) atoms. The molecule has 5 nitrogen and oxygen atoms in total. The van der Waals surface area contributed by atoms with Crippen LogP contribution in [0.2, 0.25) is 0 Å². The zero-order valence-electron chi connectivity index (χ0n) is 16.4. The number of nitro benzene ring substituents is 1. The van der Waals surface area contributed by atoms with Crippen molar-refractivity contribution in [1.82, 2.24) is 9.80 Å². The van der Waals surface area contributed by atoms with Crippen molar-refractivity contribution >= 4 is 62.3 Å². The number of hydrogen-bond donors (Lipinski definition) is 0. The summed E-state index contributed by atoms with van der Waals surface area (Å²) < 4.78 is 40.8. The van der Waals surface area contributed by atoms with Gasteiger partial charge in [-0.1, -0.05) is 48.0 Å². The summed E-state index contributed by atoms with van der Waals surface area (Å²) in [7, 11) is 0. The first kappa shape index (κ1) is 25.9. The highest BCUT2D eigenvalue weighted by Gasteiger charge is 2.35.